The number of hydrogen-bond acceptors (Lipinski definition) is 4. The Labute approximate surface area is 170 Å². The molecule has 0 saturated carbocycles. The number of carbonyl (C=O) groups is 2. The van der Waals surface area contributed by atoms with Gasteiger partial charge in [-0.15, -0.1) is 0 Å². The number of aliphatic hydroxyl groups excluding tert-OH is 1. The van der Waals surface area contributed by atoms with Crippen molar-refractivity contribution in [1.29, 1.82) is 0 Å². The zero-order valence-electron chi connectivity index (χ0n) is 16.5. The van der Waals surface area contributed by atoms with Gasteiger partial charge in [-0.05, 0) is 30.4 Å². The fourth-order valence-corrected chi connectivity index (χ4v) is 4.11. The number of benzene rings is 2. The maximum Gasteiger partial charge on any atom is 0.295 e. The summed E-state index contributed by atoms with van der Waals surface area (Å²) in [7, 11) is 0. The molecule has 2 fully saturated rings. The molecule has 4 rings (SSSR count). The minimum Gasteiger partial charge on any atom is -0.507 e. The zero-order chi connectivity index (χ0) is 20.4. The monoisotopic (exact) mass is 391 g/mol. The lowest BCUT2D eigenvalue weighted by Crippen LogP contribution is -2.36. The Hall–Kier alpha value is -2.92. The van der Waals surface area contributed by atoms with Gasteiger partial charge in [0.15, 0.2) is 0 Å². The first kappa shape index (κ1) is 19.4. The normalized spacial score (nSPS) is 23.7. The average molecular weight is 391 g/mol. The molecule has 2 saturated heterocycles. The van der Waals surface area contributed by atoms with Crippen LogP contribution in [-0.4, -0.2) is 41.0 Å². The summed E-state index contributed by atoms with van der Waals surface area (Å²) in [5.74, 6) is -1.36. The Balaban J connectivity index is 1.80. The van der Waals surface area contributed by atoms with Gasteiger partial charge in [-0.2, -0.15) is 0 Å². The van der Waals surface area contributed by atoms with Crippen LogP contribution in [0, 0.1) is 0 Å². The molecule has 5 nitrogen and oxygen atoms in total. The van der Waals surface area contributed by atoms with Crippen molar-refractivity contribution in [3.05, 3.63) is 76.9 Å². The molecular formula is C24H25NO4. The predicted molar refractivity (Wildman–Crippen MR) is 110 cm³/mol. The quantitative estimate of drug-likeness (QED) is 0.478. The first-order chi connectivity index (χ1) is 14.1. The van der Waals surface area contributed by atoms with Gasteiger partial charge in [0.1, 0.15) is 5.76 Å². The number of aliphatic hydroxyl groups is 1. The Morgan fingerprint density at radius 2 is 1.83 bits per heavy atom. The van der Waals surface area contributed by atoms with E-state index in [4.69, 9.17) is 4.74 Å². The summed E-state index contributed by atoms with van der Waals surface area (Å²) in [6.07, 6.45) is 2.64. The summed E-state index contributed by atoms with van der Waals surface area (Å²) in [5, 5.41) is 11.0. The molecule has 2 heterocycles. The number of likely N-dealkylation sites (tertiary alicyclic amines) is 1. The fraction of sp³-hybridized carbons (Fsp3) is 0.333. The SMILES string of the molecule is CCc1ccc(C2/C(=C(/O)c3ccccc3)C(=O)C(=O)N2CC2CCCO2)cc1. The molecule has 150 valence electrons. The minimum absolute atomic E-state index is 0.0811. The second-order valence-corrected chi connectivity index (χ2v) is 7.55. The van der Waals surface area contributed by atoms with Crippen LogP contribution in [0.4, 0.5) is 0 Å². The summed E-state index contributed by atoms with van der Waals surface area (Å²) in [5.41, 5.74) is 2.66. The van der Waals surface area contributed by atoms with E-state index in [9.17, 15) is 14.7 Å². The Morgan fingerprint density at radius 1 is 1.10 bits per heavy atom. The van der Waals surface area contributed by atoms with E-state index in [-0.39, 0.29) is 17.4 Å². The number of ether oxygens (including phenoxy) is 1. The van der Waals surface area contributed by atoms with Gasteiger partial charge < -0.3 is 14.7 Å². The van der Waals surface area contributed by atoms with E-state index in [2.05, 4.69) is 6.92 Å². The van der Waals surface area contributed by atoms with E-state index in [0.717, 1.165) is 24.8 Å². The first-order valence-corrected chi connectivity index (χ1v) is 10.1. The van der Waals surface area contributed by atoms with Crippen LogP contribution in [0.1, 0.15) is 42.5 Å². The fourth-order valence-electron chi connectivity index (χ4n) is 4.11. The topological polar surface area (TPSA) is 66.8 Å². The summed E-state index contributed by atoms with van der Waals surface area (Å²) < 4.78 is 5.72. The average Bonchev–Trinajstić information content (AvgIpc) is 3.36. The van der Waals surface area contributed by atoms with Crippen molar-refractivity contribution < 1.29 is 19.4 Å². The molecule has 0 bridgehead atoms. The molecule has 5 heteroatoms. The second-order valence-electron chi connectivity index (χ2n) is 7.55. The number of amides is 1. The van der Waals surface area contributed by atoms with Crippen LogP contribution in [0.2, 0.25) is 0 Å². The zero-order valence-corrected chi connectivity index (χ0v) is 16.5. The largest absolute Gasteiger partial charge is 0.507 e. The second kappa shape index (κ2) is 8.21. The highest BCUT2D eigenvalue weighted by molar-refractivity contribution is 6.46. The van der Waals surface area contributed by atoms with Crippen LogP contribution in [0.25, 0.3) is 5.76 Å². The number of carbonyl (C=O) groups excluding carboxylic acids is 2. The molecule has 0 radical (unpaired) electrons. The summed E-state index contributed by atoms with van der Waals surface area (Å²) >= 11 is 0. The van der Waals surface area contributed by atoms with Gasteiger partial charge >= 0.3 is 0 Å². The first-order valence-electron chi connectivity index (χ1n) is 10.1. The number of aryl methyl sites for hydroxylation is 1. The third-order valence-electron chi connectivity index (χ3n) is 5.72. The third-order valence-corrected chi connectivity index (χ3v) is 5.72. The number of nitrogens with zero attached hydrogens (tertiary/aromatic N) is 1. The molecule has 2 unspecified atom stereocenters. The number of ketones is 1. The molecule has 2 atom stereocenters. The van der Waals surface area contributed by atoms with Crippen LogP contribution >= 0.6 is 0 Å². The van der Waals surface area contributed by atoms with E-state index in [0.29, 0.717) is 18.7 Å². The van der Waals surface area contributed by atoms with Crippen molar-refractivity contribution in [2.75, 3.05) is 13.2 Å². The van der Waals surface area contributed by atoms with Gasteiger partial charge in [0.2, 0.25) is 0 Å². The van der Waals surface area contributed by atoms with E-state index in [1.54, 1.807) is 29.2 Å². The van der Waals surface area contributed by atoms with E-state index < -0.39 is 17.7 Å². The van der Waals surface area contributed by atoms with Crippen LogP contribution in [-0.2, 0) is 20.7 Å². The highest BCUT2D eigenvalue weighted by Gasteiger charge is 2.46. The Bertz CT molecular complexity index is 927. The molecule has 2 aromatic rings. The summed E-state index contributed by atoms with van der Waals surface area (Å²) in [4.78, 5) is 27.4. The molecule has 2 aliphatic heterocycles. The standard InChI is InChI=1S/C24H25NO4/c1-2-16-10-12-17(13-11-16)21-20(22(26)18-7-4-3-5-8-18)23(27)24(28)25(21)15-19-9-6-14-29-19/h3-5,7-8,10-13,19,21,26H,2,6,9,14-15H2,1H3/b22-20-. The van der Waals surface area contributed by atoms with E-state index >= 15 is 0 Å². The van der Waals surface area contributed by atoms with Crippen molar-refractivity contribution in [2.45, 2.75) is 38.3 Å². The lowest BCUT2D eigenvalue weighted by atomic mass is 9.94. The molecule has 0 aliphatic carbocycles. The molecule has 2 aromatic carbocycles. The van der Waals surface area contributed by atoms with E-state index in [1.807, 2.05) is 30.3 Å². The minimum atomic E-state index is -0.645. The lowest BCUT2D eigenvalue weighted by Gasteiger charge is -2.27. The van der Waals surface area contributed by atoms with Gasteiger partial charge in [-0.3, -0.25) is 9.59 Å². The van der Waals surface area contributed by atoms with E-state index in [1.165, 1.54) is 5.56 Å². The van der Waals surface area contributed by atoms with Gasteiger partial charge in [-0.1, -0.05) is 61.5 Å². The Kier molecular flexibility index (Phi) is 5.49. The van der Waals surface area contributed by atoms with Crippen LogP contribution in [0.15, 0.2) is 60.2 Å². The van der Waals surface area contributed by atoms with Crippen LogP contribution in [0.5, 0.6) is 0 Å². The maximum absolute atomic E-state index is 13.0. The smallest absolute Gasteiger partial charge is 0.295 e. The number of rotatable bonds is 5. The van der Waals surface area contributed by atoms with Crippen LogP contribution in [0.3, 0.4) is 0 Å². The summed E-state index contributed by atoms with van der Waals surface area (Å²) in [6, 6.07) is 16.2. The van der Waals surface area contributed by atoms with Crippen molar-refractivity contribution >= 4 is 17.4 Å². The highest BCUT2D eigenvalue weighted by Crippen LogP contribution is 2.40. The number of hydrogen-bond donors (Lipinski definition) is 1. The molecule has 0 spiro atoms. The maximum atomic E-state index is 13.0. The predicted octanol–water partition coefficient (Wildman–Crippen LogP) is 3.85. The van der Waals surface area contributed by atoms with Crippen LogP contribution < -0.4 is 0 Å². The molecule has 2 aliphatic rings. The third kappa shape index (κ3) is 3.70. The Morgan fingerprint density at radius 3 is 2.45 bits per heavy atom. The summed E-state index contributed by atoms with van der Waals surface area (Å²) in [6.45, 7) is 3.10. The molecule has 1 N–H and O–H groups in total. The molecule has 1 amide bonds. The molecule has 29 heavy (non-hydrogen) atoms. The lowest BCUT2D eigenvalue weighted by molar-refractivity contribution is -0.140. The van der Waals surface area contributed by atoms with Crippen molar-refractivity contribution in [2.24, 2.45) is 0 Å². The van der Waals surface area contributed by atoms with Gasteiger partial charge in [0, 0.05) is 18.7 Å². The van der Waals surface area contributed by atoms with Gasteiger partial charge in [0.25, 0.3) is 11.7 Å². The van der Waals surface area contributed by atoms with Crippen molar-refractivity contribution in [1.82, 2.24) is 4.90 Å². The van der Waals surface area contributed by atoms with Gasteiger partial charge in [-0.25, -0.2) is 0 Å². The highest BCUT2D eigenvalue weighted by atomic mass is 16.5. The van der Waals surface area contributed by atoms with Crippen molar-refractivity contribution in [3.8, 4) is 0 Å². The molecule has 0 aromatic heterocycles. The van der Waals surface area contributed by atoms with Gasteiger partial charge in [0.05, 0.1) is 17.7 Å². The van der Waals surface area contributed by atoms with Crippen molar-refractivity contribution in [3.63, 3.8) is 0 Å². The molecular weight excluding hydrogens is 366 g/mol. The number of Topliss-reactive ketones (excluding diaryl/α,β-unsaturated/α-hetero) is 1.